The van der Waals surface area contributed by atoms with E-state index in [0.717, 1.165) is 44.3 Å². The molecule has 0 spiro atoms. The standard InChI is InChI=1S/C16H24FN3O3S/c1-24(22,23)18-9-8-16(21)19-15-3-2-10-20(12-15)11-13-4-6-14(17)7-5-13/h4-7,15,18H,2-3,8-12H2,1H3,(H,19,21). The SMILES string of the molecule is CS(=O)(=O)NCCC(=O)NC1CCCN(Cc2ccc(F)cc2)C1. The number of amides is 1. The van der Waals surface area contributed by atoms with Crippen molar-refractivity contribution in [2.75, 3.05) is 25.9 Å². The average molecular weight is 357 g/mol. The molecule has 0 saturated carbocycles. The van der Waals surface area contributed by atoms with Crippen molar-refractivity contribution in [3.63, 3.8) is 0 Å². The van der Waals surface area contributed by atoms with Crippen molar-refractivity contribution in [3.8, 4) is 0 Å². The van der Waals surface area contributed by atoms with E-state index in [1.807, 2.05) is 0 Å². The number of sulfonamides is 1. The molecule has 0 aliphatic carbocycles. The van der Waals surface area contributed by atoms with Gasteiger partial charge in [0.05, 0.1) is 6.26 Å². The maximum Gasteiger partial charge on any atom is 0.221 e. The molecular formula is C16H24FN3O3S. The molecule has 2 rings (SSSR count). The first-order chi connectivity index (χ1) is 11.3. The topological polar surface area (TPSA) is 78.5 Å². The first-order valence-electron chi connectivity index (χ1n) is 8.02. The van der Waals surface area contributed by atoms with Gasteiger partial charge in [0.2, 0.25) is 15.9 Å². The van der Waals surface area contributed by atoms with E-state index in [9.17, 15) is 17.6 Å². The molecule has 8 heteroatoms. The Morgan fingerprint density at radius 2 is 2.04 bits per heavy atom. The van der Waals surface area contributed by atoms with E-state index < -0.39 is 10.0 Å². The second-order valence-corrected chi connectivity index (χ2v) is 8.02. The molecule has 1 heterocycles. The monoisotopic (exact) mass is 357 g/mol. The molecule has 1 atom stereocenters. The summed E-state index contributed by atoms with van der Waals surface area (Å²) in [7, 11) is -3.26. The summed E-state index contributed by atoms with van der Waals surface area (Å²) in [5, 5.41) is 2.95. The number of hydrogen-bond acceptors (Lipinski definition) is 4. The molecule has 134 valence electrons. The van der Waals surface area contributed by atoms with Gasteiger partial charge in [0, 0.05) is 32.1 Å². The van der Waals surface area contributed by atoms with Gasteiger partial charge in [-0.25, -0.2) is 17.5 Å². The summed E-state index contributed by atoms with van der Waals surface area (Å²) in [6.07, 6.45) is 3.08. The Kier molecular flexibility index (Phi) is 6.70. The van der Waals surface area contributed by atoms with E-state index in [-0.39, 0.29) is 30.7 Å². The molecule has 1 aromatic rings. The molecule has 1 aromatic carbocycles. The van der Waals surface area contributed by atoms with Gasteiger partial charge in [-0.3, -0.25) is 9.69 Å². The van der Waals surface area contributed by atoms with Gasteiger partial charge in [0.1, 0.15) is 5.82 Å². The number of nitrogens with zero attached hydrogens (tertiary/aromatic N) is 1. The van der Waals surface area contributed by atoms with Gasteiger partial charge < -0.3 is 5.32 Å². The highest BCUT2D eigenvalue weighted by Crippen LogP contribution is 2.14. The van der Waals surface area contributed by atoms with E-state index in [1.165, 1.54) is 12.1 Å². The van der Waals surface area contributed by atoms with E-state index in [1.54, 1.807) is 12.1 Å². The summed E-state index contributed by atoms with van der Waals surface area (Å²) >= 11 is 0. The van der Waals surface area contributed by atoms with Crippen LogP contribution in [0.3, 0.4) is 0 Å². The smallest absolute Gasteiger partial charge is 0.221 e. The average Bonchev–Trinajstić information content (AvgIpc) is 2.48. The van der Waals surface area contributed by atoms with E-state index >= 15 is 0 Å². The predicted molar refractivity (Wildman–Crippen MR) is 90.3 cm³/mol. The van der Waals surface area contributed by atoms with E-state index in [0.29, 0.717) is 0 Å². The minimum absolute atomic E-state index is 0.0601. The van der Waals surface area contributed by atoms with Gasteiger partial charge in [-0.1, -0.05) is 12.1 Å². The molecule has 0 aromatic heterocycles. The van der Waals surface area contributed by atoms with Crippen LogP contribution in [0.5, 0.6) is 0 Å². The van der Waals surface area contributed by atoms with Crippen LogP contribution in [-0.4, -0.2) is 51.2 Å². The summed E-state index contributed by atoms with van der Waals surface area (Å²) in [6.45, 7) is 2.51. The zero-order chi connectivity index (χ0) is 17.6. The Morgan fingerprint density at radius 1 is 1.33 bits per heavy atom. The van der Waals surface area contributed by atoms with E-state index in [2.05, 4.69) is 14.9 Å². The first-order valence-corrected chi connectivity index (χ1v) is 9.92. The maximum absolute atomic E-state index is 12.9. The Labute approximate surface area is 142 Å². The lowest BCUT2D eigenvalue weighted by molar-refractivity contribution is -0.122. The van der Waals surface area contributed by atoms with Gasteiger partial charge in [-0.15, -0.1) is 0 Å². The molecular weight excluding hydrogens is 333 g/mol. The van der Waals surface area contributed by atoms with Crippen LogP contribution in [0.15, 0.2) is 24.3 Å². The summed E-state index contributed by atoms with van der Waals surface area (Å²) in [6, 6.07) is 6.51. The number of piperidine rings is 1. The fraction of sp³-hybridized carbons (Fsp3) is 0.562. The summed E-state index contributed by atoms with van der Waals surface area (Å²) in [4.78, 5) is 14.1. The molecule has 1 amide bonds. The molecule has 1 fully saturated rings. The third-order valence-corrected chi connectivity index (χ3v) is 4.63. The molecule has 2 N–H and O–H groups in total. The van der Waals surface area contributed by atoms with Gasteiger partial charge in [0.25, 0.3) is 0 Å². The quantitative estimate of drug-likeness (QED) is 0.758. The first kappa shape index (κ1) is 18.8. The van der Waals surface area contributed by atoms with Crippen LogP contribution >= 0.6 is 0 Å². The number of nitrogens with one attached hydrogen (secondary N) is 2. The number of hydrogen-bond donors (Lipinski definition) is 2. The molecule has 24 heavy (non-hydrogen) atoms. The number of rotatable bonds is 7. The number of halogens is 1. The van der Waals surface area contributed by atoms with Crippen molar-refractivity contribution in [2.45, 2.75) is 31.8 Å². The van der Waals surface area contributed by atoms with Crippen LogP contribution < -0.4 is 10.0 Å². The number of likely N-dealkylation sites (tertiary alicyclic amines) is 1. The van der Waals surface area contributed by atoms with Crippen molar-refractivity contribution in [3.05, 3.63) is 35.6 Å². The minimum atomic E-state index is -3.26. The highest BCUT2D eigenvalue weighted by molar-refractivity contribution is 7.88. The van der Waals surface area contributed by atoms with Gasteiger partial charge in [-0.2, -0.15) is 0 Å². The molecule has 1 saturated heterocycles. The second kappa shape index (κ2) is 8.55. The van der Waals surface area contributed by atoms with E-state index in [4.69, 9.17) is 0 Å². The Morgan fingerprint density at radius 3 is 2.71 bits per heavy atom. The number of carbonyl (C=O) groups is 1. The molecule has 1 aliphatic rings. The van der Waals surface area contributed by atoms with Gasteiger partial charge in [0.15, 0.2) is 0 Å². The second-order valence-electron chi connectivity index (χ2n) is 6.18. The van der Waals surface area contributed by atoms with Crippen LogP contribution in [0.4, 0.5) is 4.39 Å². The third-order valence-electron chi connectivity index (χ3n) is 3.91. The lowest BCUT2D eigenvalue weighted by atomic mass is 10.0. The molecule has 0 radical (unpaired) electrons. The van der Waals surface area contributed by atoms with Crippen LogP contribution in [0.25, 0.3) is 0 Å². The molecule has 1 aliphatic heterocycles. The molecule has 6 nitrogen and oxygen atoms in total. The normalized spacial score (nSPS) is 19.2. The summed E-state index contributed by atoms with van der Waals surface area (Å²) in [5.74, 6) is -0.398. The van der Waals surface area contributed by atoms with Crippen molar-refractivity contribution in [1.29, 1.82) is 0 Å². The molecule has 1 unspecified atom stereocenters. The highest BCUT2D eigenvalue weighted by Gasteiger charge is 2.21. The Bertz CT molecular complexity index is 649. The fourth-order valence-electron chi connectivity index (χ4n) is 2.81. The maximum atomic E-state index is 12.9. The fourth-order valence-corrected chi connectivity index (χ4v) is 3.29. The van der Waals surface area contributed by atoms with Gasteiger partial charge >= 0.3 is 0 Å². The lowest BCUT2D eigenvalue weighted by Crippen LogP contribution is -2.47. The lowest BCUT2D eigenvalue weighted by Gasteiger charge is -2.33. The number of benzene rings is 1. The summed E-state index contributed by atoms with van der Waals surface area (Å²) < 4.78 is 37.2. The van der Waals surface area contributed by atoms with Crippen molar-refractivity contribution in [2.24, 2.45) is 0 Å². The Balaban J connectivity index is 1.76. The Hall–Kier alpha value is -1.51. The zero-order valence-corrected chi connectivity index (χ0v) is 14.6. The van der Waals surface area contributed by atoms with Crippen molar-refractivity contribution >= 4 is 15.9 Å². The molecule has 0 bridgehead atoms. The van der Waals surface area contributed by atoms with Crippen LogP contribution in [0.2, 0.25) is 0 Å². The van der Waals surface area contributed by atoms with Crippen molar-refractivity contribution < 1.29 is 17.6 Å². The summed E-state index contributed by atoms with van der Waals surface area (Å²) in [5.41, 5.74) is 1.04. The van der Waals surface area contributed by atoms with Crippen LogP contribution in [0, 0.1) is 5.82 Å². The van der Waals surface area contributed by atoms with Crippen LogP contribution in [0.1, 0.15) is 24.8 Å². The minimum Gasteiger partial charge on any atom is -0.352 e. The van der Waals surface area contributed by atoms with Crippen molar-refractivity contribution in [1.82, 2.24) is 14.9 Å². The van der Waals surface area contributed by atoms with Gasteiger partial charge in [-0.05, 0) is 37.1 Å². The number of carbonyl (C=O) groups excluding carboxylic acids is 1. The predicted octanol–water partition coefficient (Wildman–Crippen LogP) is 0.846. The van der Waals surface area contributed by atoms with Crippen LogP contribution in [-0.2, 0) is 21.4 Å². The largest absolute Gasteiger partial charge is 0.352 e. The zero-order valence-electron chi connectivity index (χ0n) is 13.8. The third kappa shape index (κ3) is 6.94. The highest BCUT2D eigenvalue weighted by atomic mass is 32.2.